The fraction of sp³-hybridized carbons (Fsp3) is 0.333. The van der Waals surface area contributed by atoms with E-state index in [4.69, 9.17) is 11.0 Å². The van der Waals surface area contributed by atoms with Crippen LogP contribution in [0.5, 0.6) is 0 Å². The van der Waals surface area contributed by atoms with Crippen LogP contribution in [0.3, 0.4) is 0 Å². The summed E-state index contributed by atoms with van der Waals surface area (Å²) in [6.45, 7) is 0.639. The number of carbonyl (C=O) groups is 1. The monoisotopic (exact) mass is 293 g/mol. The van der Waals surface area contributed by atoms with E-state index in [1.54, 1.807) is 4.90 Å². The number of nitriles is 1. The largest absolute Gasteiger partial charge is 0.325 e. The van der Waals surface area contributed by atoms with Crippen LogP contribution in [0.15, 0.2) is 42.5 Å². The minimum absolute atomic E-state index is 0.114. The van der Waals surface area contributed by atoms with Crippen LogP contribution in [0.2, 0.25) is 0 Å². The Kier molecular flexibility index (Phi) is 4.08. The third-order valence-corrected chi connectivity index (χ3v) is 4.32. The van der Waals surface area contributed by atoms with Gasteiger partial charge in [0, 0.05) is 6.54 Å². The topological polar surface area (TPSA) is 70.1 Å². The molecule has 4 heteroatoms. The molecule has 0 unspecified atom stereocenters. The first-order valence-corrected chi connectivity index (χ1v) is 7.63. The smallest absolute Gasteiger partial charge is 0.240 e. The number of nitrogens with two attached hydrogens (primary N) is 1. The van der Waals surface area contributed by atoms with Gasteiger partial charge in [0.25, 0.3) is 0 Å². The van der Waals surface area contributed by atoms with Gasteiger partial charge in [-0.2, -0.15) is 5.26 Å². The zero-order chi connectivity index (χ0) is 15.5. The van der Waals surface area contributed by atoms with Crippen LogP contribution in [0.1, 0.15) is 18.4 Å². The first-order valence-electron chi connectivity index (χ1n) is 7.63. The molecule has 2 aromatic rings. The van der Waals surface area contributed by atoms with Gasteiger partial charge in [-0.05, 0) is 35.6 Å². The van der Waals surface area contributed by atoms with Crippen molar-refractivity contribution in [3.05, 3.63) is 48.0 Å². The van der Waals surface area contributed by atoms with E-state index in [1.807, 2.05) is 24.3 Å². The Labute approximate surface area is 130 Å². The van der Waals surface area contributed by atoms with Gasteiger partial charge < -0.3 is 10.6 Å². The van der Waals surface area contributed by atoms with Crippen molar-refractivity contribution in [3.8, 4) is 6.07 Å². The molecule has 3 rings (SSSR count). The summed E-state index contributed by atoms with van der Waals surface area (Å²) < 4.78 is 0. The molecule has 0 bridgehead atoms. The molecule has 0 aromatic heterocycles. The van der Waals surface area contributed by atoms with Crippen molar-refractivity contribution in [2.45, 2.75) is 31.3 Å². The molecule has 0 saturated carbocycles. The summed E-state index contributed by atoms with van der Waals surface area (Å²) in [5.41, 5.74) is 7.21. The SMILES string of the molecule is N#C[C@@H]1CCCN1C(=O)[C@@H](N)Cc1cccc2ccccc12. The molecule has 1 aliphatic heterocycles. The molecule has 1 amide bonds. The van der Waals surface area contributed by atoms with Crippen molar-refractivity contribution >= 4 is 16.7 Å². The average Bonchev–Trinajstić information content (AvgIpc) is 3.03. The number of fused-ring (bicyclic) bond motifs is 1. The van der Waals surface area contributed by atoms with Crippen LogP contribution in [0, 0.1) is 11.3 Å². The minimum atomic E-state index is -0.597. The van der Waals surface area contributed by atoms with E-state index in [9.17, 15) is 4.79 Å². The molecular weight excluding hydrogens is 274 g/mol. The Morgan fingerprint density at radius 2 is 2.09 bits per heavy atom. The fourth-order valence-electron chi connectivity index (χ4n) is 3.17. The van der Waals surface area contributed by atoms with E-state index in [1.165, 1.54) is 0 Å². The molecule has 0 radical (unpaired) electrons. The third-order valence-electron chi connectivity index (χ3n) is 4.32. The lowest BCUT2D eigenvalue weighted by molar-refractivity contribution is -0.132. The second-order valence-corrected chi connectivity index (χ2v) is 5.77. The zero-order valence-corrected chi connectivity index (χ0v) is 12.4. The number of carbonyl (C=O) groups excluding carboxylic acids is 1. The van der Waals surface area contributed by atoms with Gasteiger partial charge in [0.1, 0.15) is 6.04 Å². The summed E-state index contributed by atoms with van der Waals surface area (Å²) in [5.74, 6) is -0.114. The van der Waals surface area contributed by atoms with Gasteiger partial charge in [0.2, 0.25) is 5.91 Å². The highest BCUT2D eigenvalue weighted by atomic mass is 16.2. The number of likely N-dealkylation sites (tertiary alicyclic amines) is 1. The van der Waals surface area contributed by atoms with Crippen molar-refractivity contribution < 1.29 is 4.79 Å². The summed E-state index contributed by atoms with van der Waals surface area (Å²) in [7, 11) is 0. The van der Waals surface area contributed by atoms with Crippen molar-refractivity contribution in [1.82, 2.24) is 4.90 Å². The Morgan fingerprint density at radius 3 is 2.91 bits per heavy atom. The highest BCUT2D eigenvalue weighted by Gasteiger charge is 2.31. The third kappa shape index (κ3) is 2.68. The van der Waals surface area contributed by atoms with Crippen molar-refractivity contribution in [1.29, 1.82) is 5.26 Å². The lowest BCUT2D eigenvalue weighted by Gasteiger charge is -2.23. The zero-order valence-electron chi connectivity index (χ0n) is 12.4. The molecular formula is C18H19N3O. The molecule has 1 fully saturated rings. The number of rotatable bonds is 3. The van der Waals surface area contributed by atoms with Gasteiger partial charge in [-0.1, -0.05) is 42.5 Å². The Morgan fingerprint density at radius 1 is 1.32 bits per heavy atom. The van der Waals surface area contributed by atoms with Crippen LogP contribution in [0.4, 0.5) is 0 Å². The van der Waals surface area contributed by atoms with Gasteiger partial charge in [0.15, 0.2) is 0 Å². The maximum absolute atomic E-state index is 12.5. The first kappa shape index (κ1) is 14.6. The molecule has 2 aromatic carbocycles. The second-order valence-electron chi connectivity index (χ2n) is 5.77. The lowest BCUT2D eigenvalue weighted by atomic mass is 9.98. The first-order chi connectivity index (χ1) is 10.7. The van der Waals surface area contributed by atoms with Gasteiger partial charge in [-0.3, -0.25) is 4.79 Å². The quantitative estimate of drug-likeness (QED) is 0.943. The maximum atomic E-state index is 12.5. The Bertz CT molecular complexity index is 729. The number of benzene rings is 2. The van der Waals surface area contributed by atoms with E-state index in [2.05, 4.69) is 24.3 Å². The molecule has 2 atom stereocenters. The molecule has 1 saturated heterocycles. The second kappa shape index (κ2) is 6.17. The molecule has 2 N–H and O–H groups in total. The van der Waals surface area contributed by atoms with Crippen molar-refractivity contribution in [3.63, 3.8) is 0 Å². The standard InChI is InChI=1S/C18H19N3O/c19-12-15-8-4-10-21(15)18(22)17(20)11-14-7-3-6-13-5-1-2-9-16(13)14/h1-3,5-7,9,15,17H,4,8,10-11,20H2/t15-,17-/m0/s1. The molecule has 1 heterocycles. The summed E-state index contributed by atoms with van der Waals surface area (Å²) in [6.07, 6.45) is 2.13. The highest BCUT2D eigenvalue weighted by molar-refractivity contribution is 5.87. The van der Waals surface area contributed by atoms with E-state index >= 15 is 0 Å². The molecule has 1 aliphatic rings. The van der Waals surface area contributed by atoms with Crippen molar-refractivity contribution in [2.24, 2.45) is 5.73 Å². The van der Waals surface area contributed by atoms with Gasteiger partial charge >= 0.3 is 0 Å². The lowest BCUT2D eigenvalue weighted by Crippen LogP contribution is -2.46. The number of amides is 1. The summed E-state index contributed by atoms with van der Waals surface area (Å²) in [5, 5.41) is 11.4. The van der Waals surface area contributed by atoms with Gasteiger partial charge in [0.05, 0.1) is 12.1 Å². The van der Waals surface area contributed by atoms with Crippen LogP contribution < -0.4 is 5.73 Å². The predicted molar refractivity (Wildman–Crippen MR) is 86.0 cm³/mol. The number of hydrogen-bond acceptors (Lipinski definition) is 3. The van der Waals surface area contributed by atoms with E-state index in [0.29, 0.717) is 13.0 Å². The Balaban J connectivity index is 1.80. The average molecular weight is 293 g/mol. The van der Waals surface area contributed by atoms with Crippen LogP contribution >= 0.6 is 0 Å². The summed E-state index contributed by atoms with van der Waals surface area (Å²) >= 11 is 0. The molecule has 0 spiro atoms. The van der Waals surface area contributed by atoms with Crippen LogP contribution in [0.25, 0.3) is 10.8 Å². The van der Waals surface area contributed by atoms with Crippen LogP contribution in [-0.4, -0.2) is 29.4 Å². The number of hydrogen-bond donors (Lipinski definition) is 1. The summed E-state index contributed by atoms with van der Waals surface area (Å²) in [6, 6.07) is 15.4. The van der Waals surface area contributed by atoms with E-state index < -0.39 is 6.04 Å². The molecule has 0 aliphatic carbocycles. The maximum Gasteiger partial charge on any atom is 0.240 e. The van der Waals surface area contributed by atoms with Crippen LogP contribution in [-0.2, 0) is 11.2 Å². The van der Waals surface area contributed by atoms with Crippen molar-refractivity contribution in [2.75, 3.05) is 6.54 Å². The van der Waals surface area contributed by atoms with Gasteiger partial charge in [-0.25, -0.2) is 0 Å². The number of nitrogens with zero attached hydrogens (tertiary/aromatic N) is 2. The van der Waals surface area contributed by atoms with E-state index in [-0.39, 0.29) is 11.9 Å². The van der Waals surface area contributed by atoms with E-state index in [0.717, 1.165) is 29.2 Å². The van der Waals surface area contributed by atoms with Gasteiger partial charge in [-0.15, -0.1) is 0 Å². The normalized spacial score (nSPS) is 19.1. The minimum Gasteiger partial charge on any atom is -0.325 e. The summed E-state index contributed by atoms with van der Waals surface area (Å²) in [4.78, 5) is 14.1. The molecule has 22 heavy (non-hydrogen) atoms. The predicted octanol–water partition coefficient (Wildman–Crippen LogP) is 2.22. The highest BCUT2D eigenvalue weighted by Crippen LogP contribution is 2.21. The fourth-order valence-corrected chi connectivity index (χ4v) is 3.17. The molecule has 112 valence electrons. The molecule has 4 nitrogen and oxygen atoms in total. The Hall–Kier alpha value is -2.38.